The minimum absolute atomic E-state index is 0.150. The van der Waals surface area contributed by atoms with E-state index in [4.69, 9.17) is 0 Å². The summed E-state index contributed by atoms with van der Waals surface area (Å²) in [4.78, 5) is 13.0. The Balaban J connectivity index is 2.62. The number of carbonyl (C=O) groups is 1. The second-order valence-electron chi connectivity index (χ2n) is 3.34. The van der Waals surface area contributed by atoms with Gasteiger partial charge in [0.25, 0.3) is 5.91 Å². The Morgan fingerprint density at radius 2 is 1.92 bits per heavy atom. The first-order valence-corrected chi connectivity index (χ1v) is 5.23. The van der Waals surface area contributed by atoms with Crippen LogP contribution in [0.4, 0.5) is 0 Å². The van der Waals surface area contributed by atoms with Gasteiger partial charge < -0.3 is 10.0 Å². The molecule has 0 unspecified atom stereocenters. The molecular weight excluding hydrogens is 174 g/mol. The van der Waals surface area contributed by atoms with E-state index < -0.39 is 5.60 Å². The van der Waals surface area contributed by atoms with Gasteiger partial charge in [-0.1, -0.05) is 0 Å². The third kappa shape index (κ3) is 1.93. The number of thioether (sulfide) groups is 1. The molecule has 3 nitrogen and oxygen atoms in total. The molecule has 1 aliphatic rings. The average molecular weight is 189 g/mol. The number of carbonyl (C=O) groups excluding carboxylic acids is 1. The van der Waals surface area contributed by atoms with E-state index in [-0.39, 0.29) is 5.91 Å². The van der Waals surface area contributed by atoms with Gasteiger partial charge in [0.15, 0.2) is 0 Å². The van der Waals surface area contributed by atoms with Gasteiger partial charge in [0, 0.05) is 14.1 Å². The van der Waals surface area contributed by atoms with Crippen molar-refractivity contribution in [3.63, 3.8) is 0 Å². The first-order valence-electron chi connectivity index (χ1n) is 4.08. The topological polar surface area (TPSA) is 40.5 Å². The molecule has 1 aliphatic heterocycles. The molecule has 1 amide bonds. The lowest BCUT2D eigenvalue weighted by atomic mass is 9.95. The minimum atomic E-state index is -1.07. The van der Waals surface area contributed by atoms with Crippen LogP contribution in [0.3, 0.4) is 0 Å². The molecule has 1 N–H and O–H groups in total. The van der Waals surface area contributed by atoms with Crippen molar-refractivity contribution < 1.29 is 9.90 Å². The SMILES string of the molecule is CN(C)C(=O)C1(O)CCSCC1. The van der Waals surface area contributed by atoms with Gasteiger partial charge >= 0.3 is 0 Å². The van der Waals surface area contributed by atoms with Crippen molar-refractivity contribution in [1.82, 2.24) is 4.90 Å². The molecule has 1 saturated heterocycles. The predicted octanol–water partition coefficient (Wildman–Crippen LogP) is 0.333. The first-order chi connectivity index (χ1) is 5.56. The van der Waals surface area contributed by atoms with E-state index in [1.165, 1.54) is 4.90 Å². The second-order valence-corrected chi connectivity index (χ2v) is 4.57. The van der Waals surface area contributed by atoms with Gasteiger partial charge in [0.2, 0.25) is 0 Å². The van der Waals surface area contributed by atoms with Gasteiger partial charge in [-0.25, -0.2) is 0 Å². The van der Waals surface area contributed by atoms with Crippen LogP contribution in [-0.4, -0.2) is 47.1 Å². The van der Waals surface area contributed by atoms with Crippen molar-refractivity contribution >= 4 is 17.7 Å². The Hall–Kier alpha value is -0.220. The van der Waals surface area contributed by atoms with Gasteiger partial charge in [0.1, 0.15) is 5.60 Å². The zero-order valence-corrected chi connectivity index (χ0v) is 8.36. The maximum atomic E-state index is 11.5. The van der Waals surface area contributed by atoms with E-state index in [9.17, 15) is 9.90 Å². The first kappa shape index (κ1) is 9.86. The Labute approximate surface area is 77.1 Å². The molecule has 0 aliphatic carbocycles. The molecule has 0 radical (unpaired) electrons. The largest absolute Gasteiger partial charge is 0.380 e. The van der Waals surface area contributed by atoms with Crippen LogP contribution in [-0.2, 0) is 4.79 Å². The van der Waals surface area contributed by atoms with E-state index >= 15 is 0 Å². The van der Waals surface area contributed by atoms with Crippen molar-refractivity contribution in [3.05, 3.63) is 0 Å². The maximum Gasteiger partial charge on any atom is 0.254 e. The molecule has 0 atom stereocenters. The molecule has 0 saturated carbocycles. The van der Waals surface area contributed by atoms with E-state index in [0.717, 1.165) is 11.5 Å². The quantitative estimate of drug-likeness (QED) is 0.646. The third-order valence-corrected chi connectivity index (χ3v) is 3.11. The fourth-order valence-corrected chi connectivity index (χ4v) is 2.51. The highest BCUT2D eigenvalue weighted by molar-refractivity contribution is 7.99. The number of likely N-dealkylation sites (N-methyl/N-ethyl adjacent to an activating group) is 1. The second kappa shape index (κ2) is 3.66. The molecular formula is C8H15NO2S. The summed E-state index contributed by atoms with van der Waals surface area (Å²) in [5.74, 6) is 1.62. The molecule has 12 heavy (non-hydrogen) atoms. The van der Waals surface area contributed by atoms with Crippen LogP contribution in [0.5, 0.6) is 0 Å². The monoisotopic (exact) mass is 189 g/mol. The van der Waals surface area contributed by atoms with Gasteiger partial charge in [-0.05, 0) is 24.3 Å². The van der Waals surface area contributed by atoms with E-state index in [1.54, 1.807) is 25.9 Å². The summed E-state index contributed by atoms with van der Waals surface area (Å²) in [5, 5.41) is 9.91. The number of hydrogen-bond acceptors (Lipinski definition) is 3. The molecule has 0 aromatic carbocycles. The zero-order valence-electron chi connectivity index (χ0n) is 7.54. The van der Waals surface area contributed by atoms with Crippen LogP contribution in [0.25, 0.3) is 0 Å². The van der Waals surface area contributed by atoms with Crippen molar-refractivity contribution in [3.8, 4) is 0 Å². The van der Waals surface area contributed by atoms with Crippen LogP contribution >= 0.6 is 11.8 Å². The lowest BCUT2D eigenvalue weighted by molar-refractivity contribution is -0.149. The smallest absolute Gasteiger partial charge is 0.254 e. The van der Waals surface area contributed by atoms with Crippen LogP contribution in [0, 0.1) is 0 Å². The number of aliphatic hydroxyl groups is 1. The average Bonchev–Trinajstić information content (AvgIpc) is 2.04. The fraction of sp³-hybridized carbons (Fsp3) is 0.875. The Morgan fingerprint density at radius 1 is 1.42 bits per heavy atom. The summed E-state index contributed by atoms with van der Waals surface area (Å²) in [5.41, 5.74) is -1.07. The number of amides is 1. The third-order valence-electron chi connectivity index (χ3n) is 2.12. The summed E-state index contributed by atoms with van der Waals surface area (Å²) in [6.45, 7) is 0. The predicted molar refractivity (Wildman–Crippen MR) is 50.2 cm³/mol. The summed E-state index contributed by atoms with van der Waals surface area (Å²) >= 11 is 1.80. The van der Waals surface area contributed by atoms with Gasteiger partial charge in [-0.3, -0.25) is 4.79 Å². The van der Waals surface area contributed by atoms with Crippen LogP contribution in [0.15, 0.2) is 0 Å². The summed E-state index contributed by atoms with van der Waals surface area (Å²) < 4.78 is 0. The van der Waals surface area contributed by atoms with Crippen molar-refractivity contribution in [2.75, 3.05) is 25.6 Å². The summed E-state index contributed by atoms with van der Waals surface area (Å²) in [6.07, 6.45) is 1.18. The number of nitrogens with zero attached hydrogens (tertiary/aromatic N) is 1. The summed E-state index contributed by atoms with van der Waals surface area (Å²) in [6, 6.07) is 0. The number of rotatable bonds is 1. The lowest BCUT2D eigenvalue weighted by Gasteiger charge is -2.32. The molecule has 4 heteroatoms. The van der Waals surface area contributed by atoms with Gasteiger partial charge in [-0.15, -0.1) is 0 Å². The normalized spacial score (nSPS) is 21.9. The van der Waals surface area contributed by atoms with Crippen LogP contribution in [0.2, 0.25) is 0 Å². The van der Waals surface area contributed by atoms with Gasteiger partial charge in [0.05, 0.1) is 0 Å². The molecule has 1 fully saturated rings. The Kier molecular flexibility index (Phi) is 3.01. The molecule has 0 aromatic rings. The van der Waals surface area contributed by atoms with Gasteiger partial charge in [-0.2, -0.15) is 11.8 Å². The highest BCUT2D eigenvalue weighted by Gasteiger charge is 2.38. The fourth-order valence-electron chi connectivity index (χ4n) is 1.34. The highest BCUT2D eigenvalue weighted by Crippen LogP contribution is 2.27. The molecule has 0 bridgehead atoms. The zero-order chi connectivity index (χ0) is 9.19. The summed E-state index contributed by atoms with van der Waals surface area (Å²) in [7, 11) is 3.37. The number of hydrogen-bond donors (Lipinski definition) is 1. The highest BCUT2D eigenvalue weighted by atomic mass is 32.2. The standard InChI is InChI=1S/C8H15NO2S/c1-9(2)7(10)8(11)3-5-12-6-4-8/h11H,3-6H2,1-2H3. The molecule has 70 valence electrons. The minimum Gasteiger partial charge on any atom is -0.380 e. The molecule has 0 spiro atoms. The van der Waals surface area contributed by atoms with E-state index in [2.05, 4.69) is 0 Å². The van der Waals surface area contributed by atoms with E-state index in [1.807, 2.05) is 0 Å². The van der Waals surface area contributed by atoms with Crippen LogP contribution < -0.4 is 0 Å². The molecule has 1 heterocycles. The van der Waals surface area contributed by atoms with E-state index in [0.29, 0.717) is 12.8 Å². The van der Waals surface area contributed by atoms with Crippen molar-refractivity contribution in [2.45, 2.75) is 18.4 Å². The molecule has 0 aromatic heterocycles. The molecule has 1 rings (SSSR count). The Bertz CT molecular complexity index is 176. The van der Waals surface area contributed by atoms with Crippen LogP contribution in [0.1, 0.15) is 12.8 Å². The Morgan fingerprint density at radius 3 is 2.33 bits per heavy atom. The van der Waals surface area contributed by atoms with Crippen molar-refractivity contribution in [1.29, 1.82) is 0 Å². The van der Waals surface area contributed by atoms with Crippen molar-refractivity contribution in [2.24, 2.45) is 0 Å². The lowest BCUT2D eigenvalue weighted by Crippen LogP contribution is -2.48. The maximum absolute atomic E-state index is 11.5.